The van der Waals surface area contributed by atoms with E-state index in [0.29, 0.717) is 22.6 Å². The van der Waals surface area contributed by atoms with Crippen molar-refractivity contribution in [3.05, 3.63) is 72.8 Å². The van der Waals surface area contributed by atoms with E-state index in [2.05, 4.69) is 100 Å². The lowest BCUT2D eigenvalue weighted by atomic mass is 9.92. The van der Waals surface area contributed by atoms with Crippen LogP contribution in [0, 0.1) is 0 Å². The Labute approximate surface area is 189 Å². The maximum atomic E-state index is 3.97. The second kappa shape index (κ2) is 6.81. The van der Waals surface area contributed by atoms with E-state index >= 15 is 0 Å². The summed E-state index contributed by atoms with van der Waals surface area (Å²) in [6, 6.07) is 27.5. The molecule has 0 aliphatic carbocycles. The second-order valence-corrected chi connectivity index (χ2v) is 11.7. The Kier molecular flexibility index (Phi) is 4.03. The summed E-state index contributed by atoms with van der Waals surface area (Å²) in [6.07, 6.45) is 0.275. The van der Waals surface area contributed by atoms with Crippen molar-refractivity contribution >= 4 is 52.3 Å². The molecular formula is C24H21N3S3. The number of fused-ring (bicyclic) bond motifs is 10. The molecule has 150 valence electrons. The lowest BCUT2D eigenvalue weighted by Crippen LogP contribution is -2.71. The van der Waals surface area contributed by atoms with Gasteiger partial charge in [0, 0.05) is 31.8 Å². The molecule has 0 radical (unpaired) electrons. The number of nitrogens with one attached hydrogen (secondary N) is 2. The standard InChI is InChI=1S/C24H21N3S3/c1-4-10-18-14(7-1)25-21-22(29-18)17-13-28-20-12-6-3-9-16(20)27(17)24-23(21)30-19-11-5-2-8-15(19)26-24/h1-12,17,21-26H,13H2. The highest BCUT2D eigenvalue weighted by atomic mass is 32.2. The van der Waals surface area contributed by atoms with Gasteiger partial charge in [-0.25, -0.2) is 0 Å². The second-order valence-electron chi connectivity index (χ2n) is 8.17. The SMILES string of the molecule is c1ccc2c(c1)NC1C(S2)C2CSc3ccccc3N2C2Nc3ccccc3SC12. The summed E-state index contributed by atoms with van der Waals surface area (Å²) in [5, 5.41) is 8.86. The number of hydrogen-bond donors (Lipinski definition) is 2. The molecule has 0 bridgehead atoms. The van der Waals surface area contributed by atoms with E-state index in [9.17, 15) is 0 Å². The molecule has 5 atom stereocenters. The van der Waals surface area contributed by atoms with E-state index in [1.807, 2.05) is 23.5 Å². The van der Waals surface area contributed by atoms with E-state index in [4.69, 9.17) is 0 Å². The topological polar surface area (TPSA) is 27.3 Å². The predicted molar refractivity (Wildman–Crippen MR) is 130 cm³/mol. The Morgan fingerprint density at radius 3 is 2.13 bits per heavy atom. The molecule has 2 N–H and O–H groups in total. The van der Waals surface area contributed by atoms with Crippen LogP contribution >= 0.6 is 35.3 Å². The van der Waals surface area contributed by atoms with Crippen LogP contribution in [0.4, 0.5) is 17.1 Å². The van der Waals surface area contributed by atoms with Crippen LogP contribution in [0.2, 0.25) is 0 Å². The summed E-state index contributed by atoms with van der Waals surface area (Å²) in [4.78, 5) is 6.87. The minimum atomic E-state index is 0.275. The lowest BCUT2D eigenvalue weighted by molar-refractivity contribution is 0.406. The van der Waals surface area contributed by atoms with Gasteiger partial charge in [-0.05, 0) is 36.4 Å². The molecule has 5 unspecified atom stereocenters. The third kappa shape index (κ3) is 2.57. The molecule has 0 aromatic heterocycles. The number of nitrogens with zero attached hydrogens (tertiary/aromatic N) is 1. The molecule has 3 nitrogen and oxygen atoms in total. The molecule has 1 saturated heterocycles. The van der Waals surface area contributed by atoms with Crippen LogP contribution in [0.25, 0.3) is 0 Å². The monoisotopic (exact) mass is 447 g/mol. The van der Waals surface area contributed by atoms with E-state index < -0.39 is 0 Å². The van der Waals surface area contributed by atoms with Crippen LogP contribution in [0.5, 0.6) is 0 Å². The summed E-state index contributed by atoms with van der Waals surface area (Å²) < 4.78 is 0. The van der Waals surface area contributed by atoms with Crippen molar-refractivity contribution in [3.63, 3.8) is 0 Å². The van der Waals surface area contributed by atoms with E-state index in [1.54, 1.807) is 0 Å². The minimum absolute atomic E-state index is 0.275. The highest BCUT2D eigenvalue weighted by Crippen LogP contribution is 2.54. The summed E-state index contributed by atoms with van der Waals surface area (Å²) in [6.45, 7) is 0. The number of anilines is 3. The van der Waals surface area contributed by atoms with Crippen LogP contribution in [0.1, 0.15) is 0 Å². The zero-order chi connectivity index (χ0) is 19.7. The number of piperidine rings is 1. The van der Waals surface area contributed by atoms with E-state index in [0.717, 1.165) is 5.75 Å². The first-order chi connectivity index (χ1) is 14.9. The summed E-state index contributed by atoms with van der Waals surface area (Å²) in [5.74, 6) is 1.13. The number of benzene rings is 3. The van der Waals surface area contributed by atoms with Crippen molar-refractivity contribution < 1.29 is 0 Å². The van der Waals surface area contributed by atoms with Gasteiger partial charge in [-0.3, -0.25) is 0 Å². The van der Waals surface area contributed by atoms with Crippen molar-refractivity contribution in [2.24, 2.45) is 0 Å². The maximum Gasteiger partial charge on any atom is 0.114 e. The van der Waals surface area contributed by atoms with Gasteiger partial charge in [0.1, 0.15) is 6.17 Å². The molecule has 4 aliphatic heterocycles. The fraction of sp³-hybridized carbons (Fsp3) is 0.250. The predicted octanol–water partition coefficient (Wildman–Crippen LogP) is 5.85. The van der Waals surface area contributed by atoms with Crippen LogP contribution in [-0.2, 0) is 0 Å². The summed E-state index contributed by atoms with van der Waals surface area (Å²) >= 11 is 6.14. The van der Waals surface area contributed by atoms with Crippen molar-refractivity contribution in [2.45, 2.75) is 43.4 Å². The molecule has 7 rings (SSSR count). The number of rotatable bonds is 0. The van der Waals surface area contributed by atoms with Gasteiger partial charge in [-0.1, -0.05) is 36.4 Å². The summed E-state index contributed by atoms with van der Waals surface area (Å²) in [7, 11) is 0. The van der Waals surface area contributed by atoms with Gasteiger partial charge in [0.2, 0.25) is 0 Å². The Bertz CT molecular complexity index is 1110. The average Bonchev–Trinajstić information content (AvgIpc) is 2.81. The van der Waals surface area contributed by atoms with Crippen molar-refractivity contribution in [1.29, 1.82) is 0 Å². The Hall–Kier alpha value is -1.89. The Morgan fingerprint density at radius 1 is 0.700 bits per heavy atom. The molecule has 3 aromatic rings. The number of thioether (sulfide) groups is 3. The normalized spacial score (nSPS) is 30.3. The van der Waals surface area contributed by atoms with Crippen LogP contribution < -0.4 is 15.5 Å². The molecule has 4 heterocycles. The Balaban J connectivity index is 1.39. The molecule has 3 aromatic carbocycles. The molecule has 0 amide bonds. The minimum Gasteiger partial charge on any atom is -0.379 e. The third-order valence-corrected chi connectivity index (χ3v) is 10.6. The van der Waals surface area contributed by atoms with Crippen molar-refractivity contribution in [2.75, 3.05) is 21.3 Å². The van der Waals surface area contributed by atoms with Crippen molar-refractivity contribution in [1.82, 2.24) is 0 Å². The van der Waals surface area contributed by atoms with Crippen LogP contribution in [-0.4, -0.2) is 34.5 Å². The largest absolute Gasteiger partial charge is 0.379 e. The quantitative estimate of drug-likeness (QED) is 0.449. The molecule has 0 spiro atoms. The smallest absolute Gasteiger partial charge is 0.114 e. The molecule has 6 heteroatoms. The number of hydrogen-bond acceptors (Lipinski definition) is 6. The van der Waals surface area contributed by atoms with Gasteiger partial charge >= 0.3 is 0 Å². The van der Waals surface area contributed by atoms with Gasteiger partial charge < -0.3 is 15.5 Å². The maximum absolute atomic E-state index is 3.97. The number of para-hydroxylation sites is 3. The van der Waals surface area contributed by atoms with Gasteiger partial charge in [0.05, 0.1) is 28.3 Å². The van der Waals surface area contributed by atoms with Gasteiger partial charge in [0.25, 0.3) is 0 Å². The van der Waals surface area contributed by atoms with Crippen LogP contribution in [0.15, 0.2) is 87.5 Å². The van der Waals surface area contributed by atoms with Crippen LogP contribution in [0.3, 0.4) is 0 Å². The van der Waals surface area contributed by atoms with E-state index in [1.165, 1.54) is 31.7 Å². The molecule has 30 heavy (non-hydrogen) atoms. The van der Waals surface area contributed by atoms with Crippen molar-refractivity contribution in [3.8, 4) is 0 Å². The fourth-order valence-corrected chi connectivity index (χ4v) is 9.56. The van der Waals surface area contributed by atoms with Gasteiger partial charge in [-0.2, -0.15) is 0 Å². The molecule has 4 aliphatic rings. The van der Waals surface area contributed by atoms with E-state index in [-0.39, 0.29) is 6.17 Å². The third-order valence-electron chi connectivity index (χ3n) is 6.53. The fourth-order valence-electron chi connectivity index (χ4n) is 5.23. The first kappa shape index (κ1) is 17.8. The average molecular weight is 448 g/mol. The van der Waals surface area contributed by atoms with Gasteiger partial charge in [-0.15, -0.1) is 35.3 Å². The molecule has 1 fully saturated rings. The lowest BCUT2D eigenvalue weighted by Gasteiger charge is -2.59. The first-order valence-electron chi connectivity index (χ1n) is 10.4. The summed E-state index contributed by atoms with van der Waals surface area (Å²) in [5.41, 5.74) is 3.94. The zero-order valence-corrected chi connectivity index (χ0v) is 18.6. The highest BCUT2D eigenvalue weighted by Gasteiger charge is 2.54. The zero-order valence-electron chi connectivity index (χ0n) is 16.2. The molecule has 0 saturated carbocycles. The molecular weight excluding hydrogens is 426 g/mol. The Morgan fingerprint density at radius 2 is 1.33 bits per heavy atom. The first-order valence-corrected chi connectivity index (χ1v) is 13.2. The van der Waals surface area contributed by atoms with Gasteiger partial charge in [0.15, 0.2) is 0 Å². The highest BCUT2D eigenvalue weighted by molar-refractivity contribution is 8.01.